The highest BCUT2D eigenvalue weighted by Crippen LogP contribution is 2.17. The number of imidazole rings is 1. The molecule has 0 unspecified atom stereocenters. The van der Waals surface area contributed by atoms with E-state index in [9.17, 15) is 14.4 Å². The topological polar surface area (TPSA) is 110 Å². The average Bonchev–Trinajstić information content (AvgIpc) is 2.81. The molecule has 0 bridgehead atoms. The van der Waals surface area contributed by atoms with E-state index in [1.165, 1.54) is 13.0 Å². The van der Waals surface area contributed by atoms with Crippen molar-refractivity contribution in [2.75, 3.05) is 11.1 Å². The minimum absolute atomic E-state index is 0.241. The second-order valence-corrected chi connectivity index (χ2v) is 5.11. The lowest BCUT2D eigenvalue weighted by Crippen LogP contribution is -2.24. The van der Waals surface area contributed by atoms with Gasteiger partial charge in [0.05, 0.1) is 11.0 Å². The number of nitrogen functional groups attached to an aromatic ring is 1. The molecule has 1 heterocycles. The Morgan fingerprint density at radius 3 is 2.70 bits per heavy atom. The summed E-state index contributed by atoms with van der Waals surface area (Å²) in [5, 5.41) is 2.60. The van der Waals surface area contributed by atoms with Crippen LogP contribution in [0.5, 0.6) is 0 Å². The maximum Gasteiger partial charge on any atom is 0.333 e. The predicted molar refractivity (Wildman–Crippen MR) is 87.4 cm³/mol. The molecule has 2 aromatic carbocycles. The molecule has 7 nitrogen and oxygen atoms in total. The van der Waals surface area contributed by atoms with Gasteiger partial charge in [0.15, 0.2) is 0 Å². The molecular weight excluding hydrogens is 296 g/mol. The molecule has 23 heavy (non-hydrogen) atoms. The Morgan fingerprint density at radius 1 is 1.17 bits per heavy atom. The first kappa shape index (κ1) is 14.6. The molecule has 0 spiro atoms. The van der Waals surface area contributed by atoms with Crippen LogP contribution in [-0.4, -0.2) is 21.4 Å². The van der Waals surface area contributed by atoms with Gasteiger partial charge < -0.3 is 16.0 Å². The molecule has 0 fully saturated rings. The molecule has 1 aromatic heterocycles. The molecule has 3 rings (SSSR count). The van der Waals surface area contributed by atoms with E-state index < -0.39 is 11.6 Å². The van der Waals surface area contributed by atoms with Crippen LogP contribution < -0.4 is 16.7 Å². The number of fused-ring (bicyclic) bond motifs is 1. The number of rotatable bonds is 2. The van der Waals surface area contributed by atoms with Crippen molar-refractivity contribution in [2.24, 2.45) is 0 Å². The number of anilines is 2. The first-order valence-corrected chi connectivity index (χ1v) is 6.88. The lowest BCUT2D eigenvalue weighted by molar-refractivity contribution is -0.114. The van der Waals surface area contributed by atoms with Gasteiger partial charge in [-0.05, 0) is 36.4 Å². The summed E-state index contributed by atoms with van der Waals surface area (Å²) in [6, 6.07) is 11.2. The first-order chi connectivity index (χ1) is 11.0. The van der Waals surface area contributed by atoms with Crippen molar-refractivity contribution in [1.29, 1.82) is 0 Å². The van der Waals surface area contributed by atoms with Crippen LogP contribution in [0.1, 0.15) is 17.3 Å². The summed E-state index contributed by atoms with van der Waals surface area (Å²) in [6.45, 7) is 1.38. The summed E-state index contributed by atoms with van der Waals surface area (Å²) in [6.07, 6.45) is 0. The fraction of sp³-hybridized carbons (Fsp3) is 0.0625. The number of carbonyl (C=O) groups excluding carboxylic acids is 2. The van der Waals surface area contributed by atoms with Crippen LogP contribution in [0.3, 0.4) is 0 Å². The number of hydrogen-bond donors (Lipinski definition) is 3. The van der Waals surface area contributed by atoms with Gasteiger partial charge in [0, 0.05) is 23.9 Å². The first-order valence-electron chi connectivity index (χ1n) is 6.88. The van der Waals surface area contributed by atoms with Crippen molar-refractivity contribution in [2.45, 2.75) is 6.92 Å². The van der Waals surface area contributed by atoms with Crippen molar-refractivity contribution in [3.05, 3.63) is 58.5 Å². The maximum absolute atomic E-state index is 12.7. The Hall–Kier alpha value is -3.35. The maximum atomic E-state index is 12.7. The van der Waals surface area contributed by atoms with Gasteiger partial charge in [-0.25, -0.2) is 9.36 Å². The van der Waals surface area contributed by atoms with Crippen LogP contribution in [0.4, 0.5) is 11.4 Å². The SMILES string of the molecule is CC(=O)Nc1cccc(C(=O)n2c(=O)[nH]c3cc(N)ccc32)c1. The van der Waals surface area contributed by atoms with Crippen LogP contribution in [0.25, 0.3) is 11.0 Å². The van der Waals surface area contributed by atoms with Crippen LogP contribution >= 0.6 is 0 Å². The molecule has 0 aliphatic heterocycles. The molecular formula is C16H14N4O3. The van der Waals surface area contributed by atoms with Crippen molar-refractivity contribution in [3.8, 4) is 0 Å². The monoisotopic (exact) mass is 310 g/mol. The third-order valence-electron chi connectivity index (χ3n) is 3.34. The van der Waals surface area contributed by atoms with Crippen molar-refractivity contribution in [3.63, 3.8) is 0 Å². The second kappa shape index (κ2) is 5.45. The zero-order valence-electron chi connectivity index (χ0n) is 12.3. The molecule has 3 aromatic rings. The van der Waals surface area contributed by atoms with Crippen LogP contribution in [0.2, 0.25) is 0 Å². The van der Waals surface area contributed by atoms with Gasteiger partial charge in [0.25, 0.3) is 5.91 Å². The fourth-order valence-corrected chi connectivity index (χ4v) is 2.39. The number of nitrogens with zero attached hydrogens (tertiary/aromatic N) is 1. The molecule has 7 heteroatoms. The van der Waals surface area contributed by atoms with E-state index in [0.29, 0.717) is 22.4 Å². The van der Waals surface area contributed by atoms with E-state index in [2.05, 4.69) is 10.3 Å². The normalized spacial score (nSPS) is 10.7. The van der Waals surface area contributed by atoms with Gasteiger partial charge in [-0.3, -0.25) is 9.59 Å². The van der Waals surface area contributed by atoms with Gasteiger partial charge in [0.2, 0.25) is 5.91 Å². The second-order valence-electron chi connectivity index (χ2n) is 5.11. The summed E-state index contributed by atoms with van der Waals surface area (Å²) in [4.78, 5) is 38.5. The van der Waals surface area contributed by atoms with Crippen molar-refractivity contribution in [1.82, 2.24) is 9.55 Å². The summed E-state index contributed by atoms with van der Waals surface area (Å²) < 4.78 is 1.04. The Morgan fingerprint density at radius 2 is 1.96 bits per heavy atom. The number of carbonyl (C=O) groups is 2. The minimum Gasteiger partial charge on any atom is -0.399 e. The van der Waals surface area contributed by atoms with E-state index in [1.807, 2.05) is 0 Å². The van der Waals surface area contributed by atoms with Gasteiger partial charge >= 0.3 is 5.69 Å². The lowest BCUT2D eigenvalue weighted by Gasteiger charge is -2.06. The Kier molecular flexibility index (Phi) is 3.46. The lowest BCUT2D eigenvalue weighted by atomic mass is 10.2. The third-order valence-corrected chi connectivity index (χ3v) is 3.34. The minimum atomic E-state index is -0.541. The quantitative estimate of drug-likeness (QED) is 0.624. The van der Waals surface area contributed by atoms with Crippen molar-refractivity contribution < 1.29 is 9.59 Å². The smallest absolute Gasteiger partial charge is 0.333 e. The largest absolute Gasteiger partial charge is 0.399 e. The van der Waals surface area contributed by atoms with E-state index in [0.717, 1.165) is 4.57 Å². The zero-order chi connectivity index (χ0) is 16.6. The van der Waals surface area contributed by atoms with E-state index in [-0.39, 0.29) is 11.5 Å². The highest BCUT2D eigenvalue weighted by Gasteiger charge is 2.16. The molecule has 0 atom stereocenters. The molecule has 0 aliphatic rings. The number of aromatic nitrogens is 2. The number of benzene rings is 2. The molecule has 0 saturated heterocycles. The molecule has 4 N–H and O–H groups in total. The number of hydrogen-bond acceptors (Lipinski definition) is 4. The van der Waals surface area contributed by atoms with E-state index >= 15 is 0 Å². The number of H-pyrrole nitrogens is 1. The van der Waals surface area contributed by atoms with E-state index in [1.54, 1.807) is 36.4 Å². The summed E-state index contributed by atoms with van der Waals surface area (Å²) in [7, 11) is 0. The Bertz CT molecular complexity index is 984. The fourth-order valence-electron chi connectivity index (χ4n) is 2.39. The van der Waals surface area contributed by atoms with Gasteiger partial charge in [-0.2, -0.15) is 0 Å². The van der Waals surface area contributed by atoms with Crippen LogP contribution in [0.15, 0.2) is 47.3 Å². The summed E-state index contributed by atoms with van der Waals surface area (Å²) in [5.41, 5.74) is 7.34. The number of nitrogens with one attached hydrogen (secondary N) is 2. The highest BCUT2D eigenvalue weighted by molar-refractivity contribution is 6.02. The molecule has 0 radical (unpaired) electrons. The predicted octanol–water partition coefficient (Wildman–Crippen LogP) is 1.56. The molecule has 116 valence electrons. The standard InChI is InChI=1S/C16H14N4O3/c1-9(21)18-12-4-2-3-10(7-12)15(22)20-14-6-5-11(17)8-13(14)19-16(20)23/h2-8H,17H2,1H3,(H,18,21)(H,19,23). The van der Waals surface area contributed by atoms with Crippen LogP contribution in [-0.2, 0) is 4.79 Å². The van der Waals surface area contributed by atoms with Gasteiger partial charge in [-0.15, -0.1) is 0 Å². The van der Waals surface area contributed by atoms with Gasteiger partial charge in [0.1, 0.15) is 0 Å². The number of nitrogens with two attached hydrogens (primary N) is 1. The zero-order valence-corrected chi connectivity index (χ0v) is 12.3. The average molecular weight is 310 g/mol. The summed E-state index contributed by atoms with van der Waals surface area (Å²) in [5.74, 6) is -0.729. The van der Waals surface area contributed by atoms with Gasteiger partial charge in [-0.1, -0.05) is 6.07 Å². The molecule has 0 aliphatic carbocycles. The van der Waals surface area contributed by atoms with Crippen molar-refractivity contribution >= 4 is 34.2 Å². The Labute approximate surface area is 130 Å². The highest BCUT2D eigenvalue weighted by atomic mass is 16.2. The molecule has 1 amide bonds. The number of aromatic amines is 1. The third kappa shape index (κ3) is 2.71. The molecule has 0 saturated carbocycles. The number of amides is 1. The summed E-state index contributed by atoms with van der Waals surface area (Å²) >= 11 is 0. The van der Waals surface area contributed by atoms with Crippen LogP contribution in [0, 0.1) is 0 Å². The van der Waals surface area contributed by atoms with E-state index in [4.69, 9.17) is 5.73 Å². The Balaban J connectivity index is 2.09.